The Balaban J connectivity index is 1.46. The minimum atomic E-state index is -4.87. The van der Waals surface area contributed by atoms with Crippen LogP contribution in [-0.4, -0.2) is 23.6 Å². The first-order valence-electron chi connectivity index (χ1n) is 11.7. The zero-order valence-corrected chi connectivity index (χ0v) is 20.7. The number of anilines is 2. The van der Waals surface area contributed by atoms with Gasteiger partial charge in [0.25, 0.3) is 23.6 Å². The Morgan fingerprint density at radius 1 is 0.476 bits per heavy atom. The lowest BCUT2D eigenvalue weighted by atomic mass is 10.1. The van der Waals surface area contributed by atoms with Crippen LogP contribution in [0.4, 0.5) is 37.7 Å². The van der Waals surface area contributed by atoms with E-state index in [9.17, 15) is 45.5 Å². The molecule has 4 amide bonds. The van der Waals surface area contributed by atoms with Crippen molar-refractivity contribution in [2.75, 3.05) is 9.80 Å². The molecule has 2 aliphatic rings. The maximum atomic E-state index is 13.6. The van der Waals surface area contributed by atoms with Crippen LogP contribution in [0.15, 0.2) is 85.0 Å². The van der Waals surface area contributed by atoms with Gasteiger partial charge >= 0.3 is 12.4 Å². The van der Waals surface area contributed by atoms with Crippen LogP contribution >= 0.6 is 0 Å². The van der Waals surface area contributed by atoms with E-state index in [1.807, 2.05) is 0 Å². The highest BCUT2D eigenvalue weighted by molar-refractivity contribution is 6.28. The third kappa shape index (κ3) is 5.73. The molecule has 2 heterocycles. The lowest BCUT2D eigenvalue weighted by Crippen LogP contribution is -2.29. The van der Waals surface area contributed by atoms with E-state index in [0.29, 0.717) is 34.1 Å². The second kappa shape index (κ2) is 10.2. The standard InChI is InChI=1S/C28H14F6N2O6/c29-27(30,31)15-8-17(35-23(37)4-5-24(35)38)12-21(10-15)41-19-2-1-3-20(14-19)42-22-11-16(28(32,33)34)9-18(13-22)36-25(39)6-7-26(36)40/h1-14H. The van der Waals surface area contributed by atoms with E-state index in [4.69, 9.17) is 9.47 Å². The summed E-state index contributed by atoms with van der Waals surface area (Å²) in [4.78, 5) is 49.2. The van der Waals surface area contributed by atoms with Crippen molar-refractivity contribution in [3.8, 4) is 23.0 Å². The van der Waals surface area contributed by atoms with Crippen molar-refractivity contribution < 1.29 is 55.0 Å². The van der Waals surface area contributed by atoms with Gasteiger partial charge in [-0.15, -0.1) is 0 Å². The molecular weight excluding hydrogens is 574 g/mol. The number of rotatable bonds is 6. The number of benzene rings is 3. The molecule has 0 saturated carbocycles. The molecule has 0 atom stereocenters. The molecule has 0 fully saturated rings. The van der Waals surface area contributed by atoms with Crippen molar-refractivity contribution >= 4 is 35.0 Å². The molecule has 14 heteroatoms. The summed E-state index contributed by atoms with van der Waals surface area (Å²) in [6.07, 6.45) is -6.14. The number of carbonyl (C=O) groups is 4. The van der Waals surface area contributed by atoms with Crippen LogP contribution < -0.4 is 19.3 Å². The van der Waals surface area contributed by atoms with Crippen molar-refractivity contribution in [3.63, 3.8) is 0 Å². The average molecular weight is 588 g/mol. The second-order valence-electron chi connectivity index (χ2n) is 8.80. The van der Waals surface area contributed by atoms with Crippen LogP contribution in [-0.2, 0) is 31.5 Å². The molecule has 0 aromatic heterocycles. The van der Waals surface area contributed by atoms with Gasteiger partial charge in [-0.1, -0.05) is 6.07 Å². The van der Waals surface area contributed by atoms with Gasteiger partial charge in [-0.3, -0.25) is 19.2 Å². The summed E-state index contributed by atoms with van der Waals surface area (Å²) >= 11 is 0. The summed E-state index contributed by atoms with van der Waals surface area (Å²) in [7, 11) is 0. The van der Waals surface area contributed by atoms with Crippen molar-refractivity contribution in [1.29, 1.82) is 0 Å². The monoisotopic (exact) mass is 588 g/mol. The van der Waals surface area contributed by atoms with Crippen LogP contribution in [0.5, 0.6) is 23.0 Å². The number of alkyl halides is 6. The molecule has 8 nitrogen and oxygen atoms in total. The molecule has 0 unspecified atom stereocenters. The van der Waals surface area contributed by atoms with Crippen molar-refractivity contribution in [1.82, 2.24) is 0 Å². The van der Waals surface area contributed by atoms with Gasteiger partial charge in [0.1, 0.15) is 23.0 Å². The Kier molecular flexibility index (Phi) is 6.84. The highest BCUT2D eigenvalue weighted by atomic mass is 19.4. The average Bonchev–Trinajstić information content (AvgIpc) is 3.42. The van der Waals surface area contributed by atoms with Crippen LogP contribution in [0.3, 0.4) is 0 Å². The van der Waals surface area contributed by atoms with Gasteiger partial charge in [-0.05, 0) is 36.4 Å². The second-order valence-corrected chi connectivity index (χ2v) is 8.80. The van der Waals surface area contributed by atoms with Crippen molar-refractivity contribution in [3.05, 3.63) is 96.1 Å². The van der Waals surface area contributed by atoms with Gasteiger partial charge in [0, 0.05) is 42.5 Å². The number of carbonyl (C=O) groups excluding carboxylic acids is 4. The fourth-order valence-electron chi connectivity index (χ4n) is 4.05. The predicted octanol–water partition coefficient (Wildman–Crippen LogP) is 6.17. The van der Waals surface area contributed by atoms with E-state index >= 15 is 0 Å². The maximum absolute atomic E-state index is 13.6. The summed E-state index contributed by atoms with van der Waals surface area (Å²) < 4.78 is 92.5. The topological polar surface area (TPSA) is 93.2 Å². The van der Waals surface area contributed by atoms with E-state index in [-0.39, 0.29) is 11.5 Å². The van der Waals surface area contributed by atoms with Gasteiger partial charge in [0.05, 0.1) is 22.5 Å². The third-order valence-electron chi connectivity index (χ3n) is 5.85. The van der Waals surface area contributed by atoms with Crippen LogP contribution in [0.2, 0.25) is 0 Å². The maximum Gasteiger partial charge on any atom is 0.416 e. The minimum absolute atomic E-state index is 0.115. The van der Waals surface area contributed by atoms with Crippen LogP contribution in [0.25, 0.3) is 0 Å². The Morgan fingerprint density at radius 2 is 0.833 bits per heavy atom. The zero-order valence-electron chi connectivity index (χ0n) is 20.7. The fraction of sp³-hybridized carbons (Fsp3) is 0.0714. The Morgan fingerprint density at radius 3 is 1.17 bits per heavy atom. The molecule has 0 N–H and O–H groups in total. The number of nitrogens with zero attached hydrogens (tertiary/aromatic N) is 2. The number of hydrogen-bond acceptors (Lipinski definition) is 6. The van der Waals surface area contributed by atoms with Gasteiger partial charge in [-0.2, -0.15) is 26.3 Å². The first-order chi connectivity index (χ1) is 19.7. The smallest absolute Gasteiger partial charge is 0.416 e. The molecule has 0 spiro atoms. The van der Waals surface area contributed by atoms with E-state index in [2.05, 4.69) is 0 Å². The molecule has 0 bridgehead atoms. The van der Waals surface area contributed by atoms with Crippen LogP contribution in [0, 0.1) is 0 Å². The van der Waals surface area contributed by atoms with Gasteiger partial charge in [-0.25, -0.2) is 9.80 Å². The summed E-state index contributed by atoms with van der Waals surface area (Å²) in [6, 6.07) is 9.64. The van der Waals surface area contributed by atoms with Gasteiger partial charge in [0.2, 0.25) is 0 Å². The third-order valence-corrected chi connectivity index (χ3v) is 5.85. The zero-order chi connectivity index (χ0) is 30.4. The molecule has 2 aliphatic heterocycles. The lowest BCUT2D eigenvalue weighted by molar-refractivity contribution is -0.138. The number of halogens is 6. The van der Waals surface area contributed by atoms with Gasteiger partial charge < -0.3 is 9.47 Å². The number of amides is 4. The first-order valence-corrected chi connectivity index (χ1v) is 11.7. The first kappa shape index (κ1) is 28.1. The number of imide groups is 2. The highest BCUT2D eigenvalue weighted by Gasteiger charge is 2.35. The quantitative estimate of drug-likeness (QED) is 0.253. The predicted molar refractivity (Wildman–Crippen MR) is 133 cm³/mol. The summed E-state index contributed by atoms with van der Waals surface area (Å²) in [6.45, 7) is 0. The fourth-order valence-corrected chi connectivity index (χ4v) is 4.05. The van der Waals surface area contributed by atoms with E-state index in [0.717, 1.165) is 42.5 Å². The Labute approximate surface area is 231 Å². The summed E-state index contributed by atoms with van der Waals surface area (Å²) in [5, 5.41) is 0. The number of hydrogen-bond donors (Lipinski definition) is 0. The Hall–Kier alpha value is -5.40. The minimum Gasteiger partial charge on any atom is -0.457 e. The van der Waals surface area contributed by atoms with Crippen molar-refractivity contribution in [2.45, 2.75) is 12.4 Å². The summed E-state index contributed by atoms with van der Waals surface area (Å²) in [5.41, 5.74) is -3.23. The molecule has 5 rings (SSSR count). The molecular formula is C28H14F6N2O6. The SMILES string of the molecule is O=C1C=CC(=O)N1c1cc(Oc2cccc(Oc3cc(N4C(=O)C=CC4=O)cc(C(F)(F)F)c3)c2)cc(C(F)(F)F)c1. The largest absolute Gasteiger partial charge is 0.457 e. The van der Waals surface area contributed by atoms with Gasteiger partial charge in [0.15, 0.2) is 0 Å². The molecule has 3 aromatic rings. The molecule has 42 heavy (non-hydrogen) atoms. The summed E-state index contributed by atoms with van der Waals surface area (Å²) in [5.74, 6) is -4.46. The lowest BCUT2D eigenvalue weighted by Gasteiger charge is -2.19. The normalized spacial score (nSPS) is 15.3. The highest BCUT2D eigenvalue weighted by Crippen LogP contribution is 2.40. The molecule has 3 aromatic carbocycles. The Bertz CT molecular complexity index is 1550. The molecule has 0 saturated heterocycles. The van der Waals surface area contributed by atoms with E-state index in [1.165, 1.54) is 18.2 Å². The molecule has 0 radical (unpaired) electrons. The van der Waals surface area contributed by atoms with E-state index < -0.39 is 70.0 Å². The van der Waals surface area contributed by atoms with Crippen molar-refractivity contribution in [2.24, 2.45) is 0 Å². The van der Waals surface area contributed by atoms with E-state index in [1.54, 1.807) is 0 Å². The molecule has 214 valence electrons. The van der Waals surface area contributed by atoms with Crippen LogP contribution in [0.1, 0.15) is 11.1 Å². The number of ether oxygens (including phenoxy) is 2. The molecule has 0 aliphatic carbocycles.